The van der Waals surface area contributed by atoms with Gasteiger partial charge in [-0.25, -0.2) is 4.79 Å². The van der Waals surface area contributed by atoms with Gasteiger partial charge in [-0.1, -0.05) is 0 Å². The maximum absolute atomic E-state index is 10.3. The van der Waals surface area contributed by atoms with Crippen LogP contribution in [0.3, 0.4) is 0 Å². The number of hydrogen-bond donors (Lipinski definition) is 6. The van der Waals surface area contributed by atoms with Gasteiger partial charge >= 0.3 is 17.9 Å². The van der Waals surface area contributed by atoms with Crippen molar-refractivity contribution >= 4 is 112 Å². The van der Waals surface area contributed by atoms with Gasteiger partial charge < -0.3 is 30.6 Å². The Kier molecular flexibility index (Phi) is 23.6. The van der Waals surface area contributed by atoms with Crippen LogP contribution >= 0.6 is 0 Å². The molecule has 0 rings (SSSR count). The molecule has 0 aliphatic heterocycles. The summed E-state index contributed by atoms with van der Waals surface area (Å²) in [6.45, 7) is -0.250. The van der Waals surface area contributed by atoms with E-state index in [2.05, 4.69) is 0 Å². The molecule has 0 fully saturated rings. The third-order valence-electron chi connectivity index (χ3n) is 1.39. The summed E-state index contributed by atoms with van der Waals surface area (Å²) in [5.74, 6) is -5.02. The summed E-state index contributed by atoms with van der Waals surface area (Å²) in [6, 6.07) is 0. The zero-order valence-electron chi connectivity index (χ0n) is 10.2. The molecule has 0 atom stereocenters. The molecule has 4 radical (unpaired) electrons. The SMILES string of the molecule is O=C(O)CC(O)(CC(=O)O)C(=O)O.OCCO.[Ba].[Sr]. The van der Waals surface area contributed by atoms with Crippen molar-refractivity contribution in [3.8, 4) is 0 Å². The topological polar surface area (TPSA) is 173 Å². The van der Waals surface area contributed by atoms with E-state index in [1.54, 1.807) is 0 Å². The number of aliphatic carboxylic acids is 3. The summed E-state index contributed by atoms with van der Waals surface area (Å²) in [6.07, 6.45) is -2.29. The van der Waals surface area contributed by atoms with Gasteiger partial charge in [-0.05, 0) is 0 Å². The van der Waals surface area contributed by atoms with Crippen LogP contribution in [0.25, 0.3) is 0 Å². The number of carboxylic acid groups (broad SMARTS) is 3. The van der Waals surface area contributed by atoms with Gasteiger partial charge in [-0.3, -0.25) is 9.59 Å². The third kappa shape index (κ3) is 17.3. The van der Waals surface area contributed by atoms with Gasteiger partial charge in [0.2, 0.25) is 0 Å². The molecule has 0 aliphatic carbocycles. The largest absolute Gasteiger partial charge is 0.481 e. The zero-order valence-corrected chi connectivity index (χ0v) is 18.1. The molecule has 0 aromatic heterocycles. The van der Waals surface area contributed by atoms with Gasteiger partial charge in [0, 0.05) is 94.4 Å². The van der Waals surface area contributed by atoms with E-state index >= 15 is 0 Å². The summed E-state index contributed by atoms with van der Waals surface area (Å²) >= 11 is 0. The van der Waals surface area contributed by atoms with E-state index in [-0.39, 0.29) is 108 Å². The Labute approximate surface area is 186 Å². The number of aliphatic hydroxyl groups is 3. The fraction of sp³-hybridized carbons (Fsp3) is 0.625. The Morgan fingerprint density at radius 3 is 1.21 bits per heavy atom. The number of carbonyl (C=O) groups is 3. The molecule has 0 amide bonds. The molecule has 104 valence electrons. The Balaban J connectivity index is -0.000000165. The van der Waals surface area contributed by atoms with Crippen LogP contribution < -0.4 is 0 Å². The first-order valence-electron chi connectivity index (χ1n) is 4.30. The molecule has 11 heteroatoms. The third-order valence-corrected chi connectivity index (χ3v) is 1.39. The number of aliphatic hydroxyl groups excluding tert-OH is 2. The van der Waals surface area contributed by atoms with Crippen LogP contribution in [-0.4, -0.2) is 162 Å². The van der Waals surface area contributed by atoms with Crippen LogP contribution in [0.5, 0.6) is 0 Å². The standard InChI is InChI=1S/C6H8O7.C2H6O2.Ba.Sr/c7-3(8)1-6(13,5(11)12)2-4(9)10;3-1-2-4;;/h13H,1-2H2,(H,7,8)(H,9,10)(H,11,12);3-4H,1-2H2;;. The first-order chi connectivity index (χ1) is 7.69. The summed E-state index contributed by atoms with van der Waals surface area (Å²) in [7, 11) is 0. The van der Waals surface area contributed by atoms with Crippen molar-refractivity contribution in [3.63, 3.8) is 0 Å². The average molecular weight is 479 g/mol. The number of rotatable bonds is 6. The maximum atomic E-state index is 10.3. The molecule has 0 aliphatic rings. The van der Waals surface area contributed by atoms with Crippen LogP contribution in [0.15, 0.2) is 0 Å². The minimum atomic E-state index is -2.74. The summed E-state index contributed by atoms with van der Waals surface area (Å²) < 4.78 is 0. The molecule has 19 heavy (non-hydrogen) atoms. The summed E-state index contributed by atoms with van der Waals surface area (Å²) in [5, 5.41) is 49.1. The van der Waals surface area contributed by atoms with Crippen LogP contribution in [-0.2, 0) is 14.4 Å². The van der Waals surface area contributed by atoms with Crippen molar-refractivity contribution in [2.45, 2.75) is 18.4 Å². The fourth-order valence-corrected chi connectivity index (χ4v) is 0.714. The maximum Gasteiger partial charge on any atom is 0.336 e. The minimum absolute atomic E-state index is 0. The minimum Gasteiger partial charge on any atom is -0.481 e. The quantitative estimate of drug-likeness (QED) is 0.217. The predicted molar refractivity (Wildman–Crippen MR) is 62.8 cm³/mol. The smallest absolute Gasteiger partial charge is 0.336 e. The van der Waals surface area contributed by atoms with Gasteiger partial charge in [0.15, 0.2) is 5.60 Å². The van der Waals surface area contributed by atoms with Gasteiger partial charge in [0.1, 0.15) is 0 Å². The molecule has 9 nitrogen and oxygen atoms in total. The molecule has 6 N–H and O–H groups in total. The van der Waals surface area contributed by atoms with Crippen LogP contribution in [0.4, 0.5) is 0 Å². The van der Waals surface area contributed by atoms with E-state index < -0.39 is 36.4 Å². The van der Waals surface area contributed by atoms with Crippen molar-refractivity contribution in [1.29, 1.82) is 0 Å². The van der Waals surface area contributed by atoms with Gasteiger partial charge in [-0.2, -0.15) is 0 Å². The Morgan fingerprint density at radius 2 is 1.11 bits per heavy atom. The monoisotopic (exact) mass is 480 g/mol. The molecular weight excluding hydrogens is 465 g/mol. The van der Waals surface area contributed by atoms with E-state index in [1.165, 1.54) is 0 Å². The van der Waals surface area contributed by atoms with Gasteiger partial charge in [0.25, 0.3) is 0 Å². The average Bonchev–Trinajstić information content (AvgIpc) is 2.15. The molecular formula is C8H14BaO9Sr. The number of carboxylic acids is 3. The van der Waals surface area contributed by atoms with Crippen molar-refractivity contribution < 1.29 is 45.0 Å². The zero-order chi connectivity index (χ0) is 14.1. The molecule has 0 aromatic carbocycles. The van der Waals surface area contributed by atoms with Gasteiger partial charge in [-0.15, -0.1) is 0 Å². The first-order valence-corrected chi connectivity index (χ1v) is 4.30. The van der Waals surface area contributed by atoms with E-state index in [0.29, 0.717) is 0 Å². The second-order valence-electron chi connectivity index (χ2n) is 2.92. The Bertz CT molecular complexity index is 265. The van der Waals surface area contributed by atoms with Crippen molar-refractivity contribution in [2.24, 2.45) is 0 Å². The molecule has 0 saturated carbocycles. The number of hydrogen-bond acceptors (Lipinski definition) is 6. The molecule has 0 aromatic rings. The fourth-order valence-electron chi connectivity index (χ4n) is 0.714. The van der Waals surface area contributed by atoms with E-state index in [4.69, 9.17) is 30.6 Å². The van der Waals surface area contributed by atoms with Crippen molar-refractivity contribution in [3.05, 3.63) is 0 Å². The Hall–Kier alpha value is 1.34. The summed E-state index contributed by atoms with van der Waals surface area (Å²) in [5.41, 5.74) is -2.74. The van der Waals surface area contributed by atoms with Crippen molar-refractivity contribution in [1.82, 2.24) is 0 Å². The first kappa shape index (κ1) is 28.5. The molecule has 0 heterocycles. The van der Waals surface area contributed by atoms with E-state index in [0.717, 1.165) is 0 Å². The second kappa shape index (κ2) is 15.7. The van der Waals surface area contributed by atoms with Crippen LogP contribution in [0.2, 0.25) is 0 Å². The van der Waals surface area contributed by atoms with Crippen LogP contribution in [0.1, 0.15) is 12.8 Å². The predicted octanol–water partition coefficient (Wildman–Crippen LogP) is -3.04. The normalized spacial score (nSPS) is 9.00. The molecule has 0 spiro atoms. The Morgan fingerprint density at radius 1 is 0.842 bits per heavy atom. The van der Waals surface area contributed by atoms with Gasteiger partial charge in [0.05, 0.1) is 26.1 Å². The molecule has 0 saturated heterocycles. The second-order valence-corrected chi connectivity index (χ2v) is 2.92. The van der Waals surface area contributed by atoms with Crippen LogP contribution in [0, 0.1) is 0 Å². The molecule has 0 unspecified atom stereocenters. The van der Waals surface area contributed by atoms with E-state index in [9.17, 15) is 14.4 Å². The van der Waals surface area contributed by atoms with E-state index in [1.807, 2.05) is 0 Å². The molecule has 0 bridgehead atoms. The van der Waals surface area contributed by atoms with Crippen molar-refractivity contribution in [2.75, 3.05) is 13.2 Å². The summed E-state index contributed by atoms with van der Waals surface area (Å²) in [4.78, 5) is 30.5.